The Balaban J connectivity index is 1.65. The van der Waals surface area contributed by atoms with Crippen molar-refractivity contribution in [2.24, 2.45) is 0 Å². The lowest BCUT2D eigenvalue weighted by Crippen LogP contribution is -2.47. The van der Waals surface area contributed by atoms with Crippen LogP contribution in [0.1, 0.15) is 45.6 Å². The summed E-state index contributed by atoms with van der Waals surface area (Å²) < 4.78 is 33.4. The van der Waals surface area contributed by atoms with Crippen LogP contribution < -0.4 is 10.1 Å². The van der Waals surface area contributed by atoms with Crippen molar-refractivity contribution in [3.05, 3.63) is 54.1 Å². The minimum absolute atomic E-state index is 0.0339. The number of piperidine rings is 1. The van der Waals surface area contributed by atoms with E-state index in [1.807, 2.05) is 19.9 Å². The number of anilines is 1. The van der Waals surface area contributed by atoms with Crippen LogP contribution in [-0.4, -0.2) is 36.8 Å². The number of rotatable bonds is 6. The summed E-state index contributed by atoms with van der Waals surface area (Å²) in [5.74, 6) is 0.117. The number of nitriles is 1. The van der Waals surface area contributed by atoms with E-state index in [2.05, 4.69) is 5.32 Å². The molecule has 1 amide bonds. The second kappa shape index (κ2) is 9.50. The van der Waals surface area contributed by atoms with Crippen LogP contribution in [0.25, 0.3) is 0 Å². The highest BCUT2D eigenvalue weighted by atomic mass is 32.2. The minimum Gasteiger partial charge on any atom is -0.481 e. The maximum atomic E-state index is 13.1. The molecule has 0 spiro atoms. The highest BCUT2D eigenvalue weighted by molar-refractivity contribution is 7.89. The molecular formula is C23H27N3O4S. The first-order valence-electron chi connectivity index (χ1n) is 10.3. The van der Waals surface area contributed by atoms with Gasteiger partial charge < -0.3 is 10.1 Å². The molecule has 3 unspecified atom stereocenters. The normalized spacial score (nSPS) is 20.5. The van der Waals surface area contributed by atoms with E-state index >= 15 is 0 Å². The fourth-order valence-corrected chi connectivity index (χ4v) is 5.69. The molecule has 3 rings (SSSR count). The van der Waals surface area contributed by atoms with E-state index in [1.54, 1.807) is 47.6 Å². The molecule has 0 saturated carbocycles. The molecule has 1 fully saturated rings. The third-order valence-corrected chi connectivity index (χ3v) is 7.62. The fourth-order valence-electron chi connectivity index (χ4n) is 3.81. The van der Waals surface area contributed by atoms with Gasteiger partial charge in [-0.25, -0.2) is 8.42 Å². The van der Waals surface area contributed by atoms with Crippen LogP contribution in [-0.2, 0) is 14.8 Å². The number of hydrogen-bond donors (Lipinski definition) is 1. The molecule has 1 N–H and O–H groups in total. The summed E-state index contributed by atoms with van der Waals surface area (Å²) >= 11 is 0. The van der Waals surface area contributed by atoms with Crippen LogP contribution in [0.15, 0.2) is 53.4 Å². The van der Waals surface area contributed by atoms with Gasteiger partial charge in [-0.05, 0) is 82.1 Å². The van der Waals surface area contributed by atoms with Gasteiger partial charge >= 0.3 is 0 Å². The molecule has 1 aliphatic heterocycles. The summed E-state index contributed by atoms with van der Waals surface area (Å²) in [6.45, 7) is 5.50. The molecule has 1 aliphatic rings. The van der Waals surface area contributed by atoms with Gasteiger partial charge in [0.2, 0.25) is 10.0 Å². The topological polar surface area (TPSA) is 99.5 Å². The first-order chi connectivity index (χ1) is 14.7. The average molecular weight is 442 g/mol. The SMILES string of the molecule is CC(Oc1ccc(C#N)cc1)C(=O)Nc1ccc(S(=O)(=O)N2C(C)CCCC2C)cc1. The Hall–Kier alpha value is -2.89. The first-order valence-corrected chi connectivity index (χ1v) is 11.8. The van der Waals surface area contributed by atoms with E-state index < -0.39 is 16.1 Å². The summed E-state index contributed by atoms with van der Waals surface area (Å²) in [4.78, 5) is 12.7. The van der Waals surface area contributed by atoms with Gasteiger partial charge in [0.1, 0.15) is 5.75 Å². The van der Waals surface area contributed by atoms with Crippen LogP contribution in [0, 0.1) is 11.3 Å². The molecule has 164 valence electrons. The lowest BCUT2D eigenvalue weighted by Gasteiger charge is -2.37. The van der Waals surface area contributed by atoms with Crippen molar-refractivity contribution in [1.82, 2.24) is 4.31 Å². The van der Waals surface area contributed by atoms with Crippen molar-refractivity contribution in [3.8, 4) is 11.8 Å². The van der Waals surface area contributed by atoms with E-state index in [-0.39, 0.29) is 22.9 Å². The number of nitrogens with zero attached hydrogens (tertiary/aromatic N) is 2. The van der Waals surface area contributed by atoms with Crippen LogP contribution in [0.4, 0.5) is 5.69 Å². The Bertz CT molecular complexity index is 1050. The zero-order chi connectivity index (χ0) is 22.6. The Kier molecular flexibility index (Phi) is 6.98. The summed E-state index contributed by atoms with van der Waals surface area (Å²) in [5.41, 5.74) is 0.992. The highest BCUT2D eigenvalue weighted by Crippen LogP contribution is 2.30. The minimum atomic E-state index is -3.60. The van der Waals surface area contributed by atoms with E-state index in [0.717, 1.165) is 19.3 Å². The van der Waals surface area contributed by atoms with Gasteiger partial charge in [-0.15, -0.1) is 0 Å². The van der Waals surface area contributed by atoms with Crippen LogP contribution in [0.3, 0.4) is 0 Å². The summed E-state index contributed by atoms with van der Waals surface area (Å²) in [7, 11) is -3.60. The number of ether oxygens (including phenoxy) is 1. The van der Waals surface area contributed by atoms with Crippen molar-refractivity contribution >= 4 is 21.6 Å². The molecule has 8 heteroatoms. The zero-order valence-electron chi connectivity index (χ0n) is 17.9. The molecule has 1 saturated heterocycles. The molecule has 0 bridgehead atoms. The number of carbonyl (C=O) groups is 1. The molecule has 2 aromatic carbocycles. The van der Waals surface area contributed by atoms with Gasteiger partial charge in [0, 0.05) is 17.8 Å². The second-order valence-electron chi connectivity index (χ2n) is 7.87. The standard InChI is InChI=1S/C23H27N3O4S/c1-16-5-4-6-17(2)26(16)31(28,29)22-13-9-20(10-14-22)25-23(27)18(3)30-21-11-7-19(15-24)8-12-21/h7-14,16-18H,4-6H2,1-3H3,(H,25,27). The maximum absolute atomic E-state index is 13.1. The van der Waals surface area contributed by atoms with E-state index in [1.165, 1.54) is 12.1 Å². The van der Waals surface area contributed by atoms with Gasteiger partial charge in [0.15, 0.2) is 6.10 Å². The average Bonchev–Trinajstić information content (AvgIpc) is 2.74. The number of benzene rings is 2. The number of amides is 1. The zero-order valence-corrected chi connectivity index (χ0v) is 18.7. The fraction of sp³-hybridized carbons (Fsp3) is 0.391. The molecule has 0 aliphatic carbocycles. The molecule has 2 aromatic rings. The lowest BCUT2D eigenvalue weighted by molar-refractivity contribution is -0.122. The number of sulfonamides is 1. The predicted octanol–water partition coefficient (Wildman–Crippen LogP) is 3.92. The largest absolute Gasteiger partial charge is 0.481 e. The van der Waals surface area contributed by atoms with E-state index in [4.69, 9.17) is 10.00 Å². The molecule has 3 atom stereocenters. The Morgan fingerprint density at radius 3 is 2.23 bits per heavy atom. The summed E-state index contributed by atoms with van der Waals surface area (Å²) in [6.07, 6.45) is 1.97. The van der Waals surface area contributed by atoms with E-state index in [0.29, 0.717) is 17.0 Å². The number of hydrogen-bond acceptors (Lipinski definition) is 5. The quantitative estimate of drug-likeness (QED) is 0.732. The molecule has 0 radical (unpaired) electrons. The van der Waals surface area contributed by atoms with Crippen molar-refractivity contribution in [2.45, 2.75) is 63.1 Å². The Morgan fingerprint density at radius 2 is 1.68 bits per heavy atom. The molecular weight excluding hydrogens is 414 g/mol. The predicted molar refractivity (Wildman–Crippen MR) is 118 cm³/mol. The van der Waals surface area contributed by atoms with Crippen molar-refractivity contribution in [3.63, 3.8) is 0 Å². The smallest absolute Gasteiger partial charge is 0.265 e. The third-order valence-electron chi connectivity index (χ3n) is 5.48. The van der Waals surface area contributed by atoms with Crippen molar-refractivity contribution < 1.29 is 17.9 Å². The number of carbonyl (C=O) groups excluding carboxylic acids is 1. The van der Waals surface area contributed by atoms with Gasteiger partial charge in [-0.3, -0.25) is 4.79 Å². The molecule has 1 heterocycles. The number of nitrogens with one attached hydrogen (secondary N) is 1. The maximum Gasteiger partial charge on any atom is 0.265 e. The molecule has 31 heavy (non-hydrogen) atoms. The summed E-state index contributed by atoms with van der Waals surface area (Å²) in [5, 5.41) is 11.6. The van der Waals surface area contributed by atoms with Gasteiger partial charge in [-0.1, -0.05) is 6.42 Å². The van der Waals surface area contributed by atoms with Crippen LogP contribution in [0.2, 0.25) is 0 Å². The Labute approximate surface area is 183 Å². The Morgan fingerprint density at radius 1 is 1.10 bits per heavy atom. The summed E-state index contributed by atoms with van der Waals surface area (Å²) in [6, 6.07) is 14.6. The van der Waals surface area contributed by atoms with Gasteiger partial charge in [0.25, 0.3) is 5.91 Å². The molecule has 0 aromatic heterocycles. The van der Waals surface area contributed by atoms with Gasteiger partial charge in [-0.2, -0.15) is 9.57 Å². The first kappa shape index (κ1) is 22.8. The molecule has 7 nitrogen and oxygen atoms in total. The van der Waals surface area contributed by atoms with Crippen molar-refractivity contribution in [2.75, 3.05) is 5.32 Å². The highest BCUT2D eigenvalue weighted by Gasteiger charge is 2.35. The van der Waals surface area contributed by atoms with Gasteiger partial charge in [0.05, 0.1) is 16.5 Å². The van der Waals surface area contributed by atoms with Crippen LogP contribution in [0.5, 0.6) is 5.75 Å². The third kappa shape index (κ3) is 5.24. The van der Waals surface area contributed by atoms with Crippen LogP contribution >= 0.6 is 0 Å². The van der Waals surface area contributed by atoms with E-state index in [9.17, 15) is 13.2 Å². The second-order valence-corrected chi connectivity index (χ2v) is 9.72. The monoisotopic (exact) mass is 441 g/mol. The lowest BCUT2D eigenvalue weighted by atomic mass is 10.0. The van der Waals surface area contributed by atoms with Crippen molar-refractivity contribution in [1.29, 1.82) is 5.26 Å².